The van der Waals surface area contributed by atoms with Crippen LogP contribution in [0.4, 0.5) is 0 Å². The van der Waals surface area contributed by atoms with Gasteiger partial charge in [0.1, 0.15) is 0 Å². The second-order valence-electron chi connectivity index (χ2n) is 6.29. The highest BCUT2D eigenvalue weighted by atomic mass is 15.2. The molecule has 1 fully saturated rings. The lowest BCUT2D eigenvalue weighted by atomic mass is 9.97. The molecule has 0 bridgehead atoms. The van der Waals surface area contributed by atoms with Crippen molar-refractivity contribution < 1.29 is 0 Å². The Bertz CT molecular complexity index is 392. The van der Waals surface area contributed by atoms with E-state index in [2.05, 4.69) is 62.3 Å². The van der Waals surface area contributed by atoms with Crippen LogP contribution >= 0.6 is 0 Å². The smallest absolute Gasteiger partial charge is 0.0475 e. The third kappa shape index (κ3) is 3.62. The molecule has 1 aliphatic carbocycles. The summed E-state index contributed by atoms with van der Waals surface area (Å²) in [5, 5.41) is 3.68. The number of hydrogen-bond acceptors (Lipinski definition) is 2. The van der Waals surface area contributed by atoms with E-state index in [0.29, 0.717) is 12.1 Å². The normalized spacial score (nSPS) is 19.4. The topological polar surface area (TPSA) is 15.3 Å². The summed E-state index contributed by atoms with van der Waals surface area (Å²) in [6.45, 7) is 7.73. The van der Waals surface area contributed by atoms with Crippen LogP contribution in [0.1, 0.15) is 56.7 Å². The van der Waals surface area contributed by atoms with E-state index in [4.69, 9.17) is 0 Å². The maximum absolute atomic E-state index is 3.68. The lowest BCUT2D eigenvalue weighted by Gasteiger charge is -2.36. The molecule has 1 aliphatic rings. The predicted octanol–water partition coefficient (Wildman–Crippen LogP) is 3.91. The molecule has 0 aliphatic heterocycles. The summed E-state index contributed by atoms with van der Waals surface area (Å²) < 4.78 is 0. The van der Waals surface area contributed by atoms with E-state index in [1.807, 2.05) is 0 Å². The van der Waals surface area contributed by atoms with Crippen LogP contribution in [0.2, 0.25) is 0 Å². The Morgan fingerprint density at radius 3 is 2.35 bits per heavy atom. The molecule has 0 aromatic heterocycles. The second-order valence-corrected chi connectivity index (χ2v) is 6.29. The number of aryl methyl sites for hydroxylation is 1. The van der Waals surface area contributed by atoms with E-state index in [1.165, 1.54) is 36.8 Å². The van der Waals surface area contributed by atoms with Gasteiger partial charge in [0.15, 0.2) is 0 Å². The van der Waals surface area contributed by atoms with E-state index < -0.39 is 0 Å². The van der Waals surface area contributed by atoms with Crippen LogP contribution in [0, 0.1) is 6.92 Å². The van der Waals surface area contributed by atoms with Crippen molar-refractivity contribution in [2.45, 2.75) is 64.6 Å². The average Bonchev–Trinajstić information content (AvgIpc) is 2.98. The van der Waals surface area contributed by atoms with Crippen molar-refractivity contribution in [1.82, 2.24) is 10.2 Å². The minimum absolute atomic E-state index is 0.422. The number of likely N-dealkylation sites (N-methyl/N-ethyl adjacent to an activating group) is 2. The average molecular weight is 274 g/mol. The van der Waals surface area contributed by atoms with Crippen LogP contribution in [-0.4, -0.2) is 30.6 Å². The molecular formula is C18H30N2. The van der Waals surface area contributed by atoms with Gasteiger partial charge >= 0.3 is 0 Å². The van der Waals surface area contributed by atoms with Gasteiger partial charge in [0.25, 0.3) is 0 Å². The first-order chi connectivity index (χ1) is 9.63. The van der Waals surface area contributed by atoms with Gasteiger partial charge in [0, 0.05) is 18.1 Å². The molecule has 1 aromatic carbocycles. The highest BCUT2D eigenvalue weighted by molar-refractivity contribution is 5.25. The molecule has 2 rings (SSSR count). The van der Waals surface area contributed by atoms with Gasteiger partial charge in [0.2, 0.25) is 0 Å². The van der Waals surface area contributed by atoms with E-state index in [9.17, 15) is 0 Å². The first-order valence-electron chi connectivity index (χ1n) is 8.15. The van der Waals surface area contributed by atoms with Crippen molar-refractivity contribution in [3.05, 3.63) is 35.4 Å². The summed E-state index contributed by atoms with van der Waals surface area (Å²) in [4.78, 5) is 2.60. The maximum Gasteiger partial charge on any atom is 0.0475 e. The van der Waals surface area contributed by atoms with E-state index in [0.717, 1.165) is 12.6 Å². The molecule has 2 nitrogen and oxygen atoms in total. The van der Waals surface area contributed by atoms with Crippen LogP contribution in [0.5, 0.6) is 0 Å². The Hall–Kier alpha value is -0.860. The summed E-state index contributed by atoms with van der Waals surface area (Å²) in [6.07, 6.45) is 5.54. The zero-order valence-electron chi connectivity index (χ0n) is 13.5. The Kier molecular flexibility index (Phi) is 5.62. The fourth-order valence-corrected chi connectivity index (χ4v) is 3.44. The summed E-state index contributed by atoms with van der Waals surface area (Å²) in [5.74, 6) is 0. The quantitative estimate of drug-likeness (QED) is 0.846. The third-order valence-corrected chi connectivity index (χ3v) is 4.89. The largest absolute Gasteiger partial charge is 0.309 e. The molecule has 2 unspecified atom stereocenters. The second kappa shape index (κ2) is 7.24. The standard InChI is InChI=1S/C18H30N2/c1-5-19-18(16-12-10-14(2)11-13-16)15(3)20(4)17-8-6-7-9-17/h10-13,15,17-19H,5-9H2,1-4H3. The maximum atomic E-state index is 3.68. The third-order valence-electron chi connectivity index (χ3n) is 4.89. The molecule has 2 atom stereocenters. The van der Waals surface area contributed by atoms with Crippen molar-refractivity contribution in [2.24, 2.45) is 0 Å². The first kappa shape index (κ1) is 15.5. The lowest BCUT2D eigenvalue weighted by molar-refractivity contribution is 0.151. The van der Waals surface area contributed by atoms with E-state index in [1.54, 1.807) is 0 Å². The zero-order valence-corrected chi connectivity index (χ0v) is 13.5. The summed E-state index contributed by atoms with van der Waals surface area (Å²) in [6, 6.07) is 10.7. The first-order valence-corrected chi connectivity index (χ1v) is 8.15. The van der Waals surface area contributed by atoms with Gasteiger partial charge in [-0.2, -0.15) is 0 Å². The molecular weight excluding hydrogens is 244 g/mol. The molecule has 0 saturated heterocycles. The zero-order chi connectivity index (χ0) is 14.5. The van der Waals surface area contributed by atoms with Gasteiger partial charge in [-0.3, -0.25) is 4.90 Å². The highest BCUT2D eigenvalue weighted by Crippen LogP contribution is 2.28. The van der Waals surface area contributed by atoms with E-state index >= 15 is 0 Å². The number of nitrogens with zero attached hydrogens (tertiary/aromatic N) is 1. The number of hydrogen-bond donors (Lipinski definition) is 1. The van der Waals surface area contributed by atoms with Gasteiger partial charge in [0.05, 0.1) is 0 Å². The Balaban J connectivity index is 2.12. The van der Waals surface area contributed by atoms with Crippen molar-refractivity contribution in [2.75, 3.05) is 13.6 Å². The van der Waals surface area contributed by atoms with Gasteiger partial charge in [-0.1, -0.05) is 49.6 Å². The SMILES string of the molecule is CCNC(c1ccc(C)cc1)C(C)N(C)C1CCCC1. The summed E-state index contributed by atoms with van der Waals surface area (Å²) in [5.41, 5.74) is 2.75. The Morgan fingerprint density at radius 1 is 1.20 bits per heavy atom. The number of rotatable bonds is 6. The van der Waals surface area contributed by atoms with Gasteiger partial charge in [-0.25, -0.2) is 0 Å². The molecule has 1 N–H and O–H groups in total. The molecule has 1 aromatic rings. The lowest BCUT2D eigenvalue weighted by Crippen LogP contribution is -2.45. The molecule has 0 radical (unpaired) electrons. The molecule has 20 heavy (non-hydrogen) atoms. The van der Waals surface area contributed by atoms with Crippen LogP contribution < -0.4 is 5.32 Å². The Labute approximate surface area is 124 Å². The molecule has 1 saturated carbocycles. The predicted molar refractivity (Wildman–Crippen MR) is 87.1 cm³/mol. The summed E-state index contributed by atoms with van der Waals surface area (Å²) >= 11 is 0. The van der Waals surface area contributed by atoms with Crippen molar-refractivity contribution in [3.8, 4) is 0 Å². The minimum Gasteiger partial charge on any atom is -0.309 e. The summed E-state index contributed by atoms with van der Waals surface area (Å²) in [7, 11) is 2.30. The minimum atomic E-state index is 0.422. The molecule has 0 spiro atoms. The van der Waals surface area contributed by atoms with Gasteiger partial charge in [-0.15, -0.1) is 0 Å². The van der Waals surface area contributed by atoms with Crippen LogP contribution in [-0.2, 0) is 0 Å². The van der Waals surface area contributed by atoms with Crippen LogP contribution in [0.3, 0.4) is 0 Å². The van der Waals surface area contributed by atoms with Crippen molar-refractivity contribution in [1.29, 1.82) is 0 Å². The molecule has 112 valence electrons. The molecule has 0 amide bonds. The van der Waals surface area contributed by atoms with Gasteiger partial charge in [-0.05, 0) is 45.8 Å². The fraction of sp³-hybridized carbons (Fsp3) is 0.667. The Morgan fingerprint density at radius 2 is 1.80 bits per heavy atom. The number of nitrogens with one attached hydrogen (secondary N) is 1. The van der Waals surface area contributed by atoms with E-state index in [-0.39, 0.29) is 0 Å². The molecule has 2 heteroatoms. The highest BCUT2D eigenvalue weighted by Gasteiger charge is 2.28. The van der Waals surface area contributed by atoms with Crippen molar-refractivity contribution >= 4 is 0 Å². The van der Waals surface area contributed by atoms with Crippen LogP contribution in [0.25, 0.3) is 0 Å². The molecule has 0 heterocycles. The van der Waals surface area contributed by atoms with Crippen LogP contribution in [0.15, 0.2) is 24.3 Å². The monoisotopic (exact) mass is 274 g/mol. The van der Waals surface area contributed by atoms with Crippen molar-refractivity contribution in [3.63, 3.8) is 0 Å². The fourth-order valence-electron chi connectivity index (χ4n) is 3.44. The van der Waals surface area contributed by atoms with Gasteiger partial charge < -0.3 is 5.32 Å². The number of benzene rings is 1.